The molecule has 0 aliphatic heterocycles. The number of thiol groups is 1. The molecular formula is C12H28N2S2. The van der Waals surface area contributed by atoms with Gasteiger partial charge in [-0.05, 0) is 34.0 Å². The second-order valence-electron chi connectivity index (χ2n) is 4.32. The van der Waals surface area contributed by atoms with Crippen molar-refractivity contribution in [2.75, 3.05) is 34.2 Å². The number of nitrogens with zero attached hydrogens (tertiary/aromatic N) is 2. The first-order valence-corrected chi connectivity index (χ1v) is 6.90. The monoisotopic (exact) mass is 264 g/mol. The molecule has 0 N–H and O–H groups in total. The standard InChI is InChI=1S/C9H19NS2.C3H9N/c1-3-5-7-10(9(11)12)8-6-4-2;1-4(2)3/h3-8H2,1-2H3,(H,11,12);1-3H3. The summed E-state index contributed by atoms with van der Waals surface area (Å²) in [6.07, 6.45) is 4.87. The van der Waals surface area contributed by atoms with Crippen LogP contribution in [0.2, 0.25) is 0 Å². The summed E-state index contributed by atoms with van der Waals surface area (Å²) in [6, 6.07) is 0. The molecule has 2 nitrogen and oxygen atoms in total. The minimum absolute atomic E-state index is 0.747. The van der Waals surface area contributed by atoms with Crippen LogP contribution in [0.15, 0.2) is 0 Å². The normalized spacial score (nSPS) is 9.69. The van der Waals surface area contributed by atoms with Crippen molar-refractivity contribution >= 4 is 29.2 Å². The van der Waals surface area contributed by atoms with Crippen molar-refractivity contribution in [1.29, 1.82) is 0 Å². The fraction of sp³-hybridized carbons (Fsp3) is 0.917. The van der Waals surface area contributed by atoms with E-state index in [-0.39, 0.29) is 0 Å². The van der Waals surface area contributed by atoms with Crippen LogP contribution in [0, 0.1) is 0 Å². The van der Waals surface area contributed by atoms with Gasteiger partial charge in [-0.1, -0.05) is 38.9 Å². The van der Waals surface area contributed by atoms with Gasteiger partial charge >= 0.3 is 0 Å². The molecule has 0 fully saturated rings. The van der Waals surface area contributed by atoms with Crippen molar-refractivity contribution in [3.63, 3.8) is 0 Å². The predicted molar refractivity (Wildman–Crippen MR) is 82.6 cm³/mol. The molecule has 0 radical (unpaired) electrons. The highest BCUT2D eigenvalue weighted by Crippen LogP contribution is 2.02. The third kappa shape index (κ3) is 16.6. The van der Waals surface area contributed by atoms with E-state index in [1.807, 2.05) is 26.0 Å². The predicted octanol–water partition coefficient (Wildman–Crippen LogP) is 3.28. The van der Waals surface area contributed by atoms with Gasteiger partial charge in [-0.3, -0.25) is 0 Å². The van der Waals surface area contributed by atoms with E-state index in [4.69, 9.17) is 12.2 Å². The summed E-state index contributed by atoms with van der Waals surface area (Å²) in [4.78, 5) is 4.19. The Morgan fingerprint density at radius 3 is 1.50 bits per heavy atom. The number of hydrogen-bond acceptors (Lipinski definition) is 2. The SMILES string of the molecule is CCCCN(CCCC)C(=S)S.CN(C)C. The Hall–Kier alpha value is 0.200. The first kappa shape index (κ1) is 18.6. The Bertz CT molecular complexity index is 150. The van der Waals surface area contributed by atoms with Crippen LogP contribution in [0.5, 0.6) is 0 Å². The molecule has 0 aromatic rings. The summed E-state index contributed by atoms with van der Waals surface area (Å²) in [5.74, 6) is 0. The van der Waals surface area contributed by atoms with Crippen LogP contribution < -0.4 is 0 Å². The minimum atomic E-state index is 0.747. The zero-order chi connectivity index (χ0) is 13.0. The molecule has 0 aromatic carbocycles. The van der Waals surface area contributed by atoms with Gasteiger partial charge in [0.1, 0.15) is 4.32 Å². The van der Waals surface area contributed by atoms with E-state index in [0.29, 0.717) is 0 Å². The van der Waals surface area contributed by atoms with Crippen molar-refractivity contribution in [2.45, 2.75) is 39.5 Å². The molecule has 0 saturated heterocycles. The molecule has 0 saturated carbocycles. The molecule has 0 rings (SSSR count). The number of hydrogen-bond donors (Lipinski definition) is 1. The van der Waals surface area contributed by atoms with Gasteiger partial charge in [0.2, 0.25) is 0 Å². The van der Waals surface area contributed by atoms with Crippen LogP contribution in [-0.2, 0) is 0 Å². The first-order valence-electron chi connectivity index (χ1n) is 6.04. The van der Waals surface area contributed by atoms with Crippen molar-refractivity contribution in [1.82, 2.24) is 9.80 Å². The second kappa shape index (κ2) is 13.3. The van der Waals surface area contributed by atoms with Gasteiger partial charge in [-0.25, -0.2) is 0 Å². The Morgan fingerprint density at radius 1 is 1.00 bits per heavy atom. The van der Waals surface area contributed by atoms with E-state index in [1.165, 1.54) is 25.7 Å². The highest BCUT2D eigenvalue weighted by molar-refractivity contribution is 8.10. The van der Waals surface area contributed by atoms with Gasteiger partial charge in [0.15, 0.2) is 0 Å². The smallest absolute Gasteiger partial charge is 0.133 e. The quantitative estimate of drug-likeness (QED) is 0.581. The van der Waals surface area contributed by atoms with Crippen molar-refractivity contribution in [3.8, 4) is 0 Å². The van der Waals surface area contributed by atoms with E-state index in [2.05, 4.69) is 31.4 Å². The minimum Gasteiger partial charge on any atom is -0.358 e. The van der Waals surface area contributed by atoms with Crippen LogP contribution >= 0.6 is 24.8 Å². The van der Waals surface area contributed by atoms with Crippen LogP contribution in [0.1, 0.15) is 39.5 Å². The lowest BCUT2D eigenvalue weighted by Gasteiger charge is -2.21. The van der Waals surface area contributed by atoms with Crippen molar-refractivity contribution in [2.24, 2.45) is 0 Å². The lowest BCUT2D eigenvalue weighted by atomic mass is 10.3. The fourth-order valence-corrected chi connectivity index (χ4v) is 1.38. The van der Waals surface area contributed by atoms with E-state index >= 15 is 0 Å². The zero-order valence-corrected chi connectivity index (χ0v) is 13.2. The molecule has 4 heteroatoms. The van der Waals surface area contributed by atoms with E-state index in [9.17, 15) is 0 Å². The molecule has 0 amide bonds. The number of unbranched alkanes of at least 4 members (excludes halogenated alkanes) is 2. The maximum atomic E-state index is 5.03. The van der Waals surface area contributed by atoms with E-state index in [1.54, 1.807) is 0 Å². The maximum absolute atomic E-state index is 5.03. The highest BCUT2D eigenvalue weighted by atomic mass is 32.1. The Labute approximate surface area is 113 Å². The van der Waals surface area contributed by atoms with Gasteiger partial charge in [0.05, 0.1) is 0 Å². The maximum Gasteiger partial charge on any atom is 0.133 e. The third-order valence-corrected chi connectivity index (χ3v) is 2.37. The van der Waals surface area contributed by atoms with Crippen LogP contribution in [-0.4, -0.2) is 48.4 Å². The molecule has 0 aliphatic rings. The van der Waals surface area contributed by atoms with Gasteiger partial charge < -0.3 is 9.80 Å². The summed E-state index contributed by atoms with van der Waals surface area (Å²) in [6.45, 7) is 6.52. The molecular weight excluding hydrogens is 236 g/mol. The summed E-state index contributed by atoms with van der Waals surface area (Å²) in [5.41, 5.74) is 0. The summed E-state index contributed by atoms with van der Waals surface area (Å²) in [7, 11) is 6.00. The van der Waals surface area contributed by atoms with Crippen LogP contribution in [0.4, 0.5) is 0 Å². The van der Waals surface area contributed by atoms with Gasteiger partial charge in [-0.2, -0.15) is 0 Å². The van der Waals surface area contributed by atoms with Gasteiger partial charge in [0.25, 0.3) is 0 Å². The lowest BCUT2D eigenvalue weighted by Crippen LogP contribution is -2.28. The lowest BCUT2D eigenvalue weighted by molar-refractivity contribution is 0.411. The molecule has 0 unspecified atom stereocenters. The first-order chi connectivity index (χ1) is 7.45. The summed E-state index contributed by atoms with van der Waals surface area (Å²) in [5, 5.41) is 0. The van der Waals surface area contributed by atoms with Crippen LogP contribution in [0.25, 0.3) is 0 Å². The van der Waals surface area contributed by atoms with Crippen molar-refractivity contribution < 1.29 is 0 Å². The molecule has 98 valence electrons. The molecule has 0 aromatic heterocycles. The molecule has 16 heavy (non-hydrogen) atoms. The Balaban J connectivity index is 0. The Morgan fingerprint density at radius 2 is 1.31 bits per heavy atom. The van der Waals surface area contributed by atoms with E-state index < -0.39 is 0 Å². The molecule has 0 bridgehead atoms. The molecule has 0 aliphatic carbocycles. The second-order valence-corrected chi connectivity index (χ2v) is 5.43. The highest BCUT2D eigenvalue weighted by Gasteiger charge is 2.03. The summed E-state index contributed by atoms with van der Waals surface area (Å²) >= 11 is 9.23. The molecule has 0 spiro atoms. The van der Waals surface area contributed by atoms with Gasteiger partial charge in [-0.15, -0.1) is 12.6 Å². The average molecular weight is 265 g/mol. The average Bonchev–Trinajstić information content (AvgIpc) is 2.16. The molecule has 0 atom stereocenters. The topological polar surface area (TPSA) is 6.48 Å². The number of thiocarbonyl (C=S) groups is 1. The third-order valence-electron chi connectivity index (χ3n) is 1.83. The molecule has 0 heterocycles. The zero-order valence-electron chi connectivity index (χ0n) is 11.5. The number of rotatable bonds is 6. The fourth-order valence-electron chi connectivity index (χ4n) is 1.00. The van der Waals surface area contributed by atoms with Crippen molar-refractivity contribution in [3.05, 3.63) is 0 Å². The largest absolute Gasteiger partial charge is 0.358 e. The van der Waals surface area contributed by atoms with E-state index in [0.717, 1.165) is 17.4 Å². The summed E-state index contributed by atoms with van der Waals surface area (Å²) < 4.78 is 0.747. The van der Waals surface area contributed by atoms with Crippen LogP contribution in [0.3, 0.4) is 0 Å². The Kier molecular flexibility index (Phi) is 15.4. The van der Waals surface area contributed by atoms with Gasteiger partial charge in [0, 0.05) is 13.1 Å².